The third kappa shape index (κ3) is 3.79. The van der Waals surface area contributed by atoms with Gasteiger partial charge in [-0.2, -0.15) is 0 Å². The Kier molecular flexibility index (Phi) is 7.20. The van der Waals surface area contributed by atoms with E-state index in [-0.39, 0.29) is 25.0 Å². The molecule has 4 heterocycles. The molecule has 0 bridgehead atoms. The average molecular weight is 475 g/mol. The van der Waals surface area contributed by atoms with Crippen LogP contribution in [0.4, 0.5) is 0 Å². The van der Waals surface area contributed by atoms with Crippen LogP contribution < -0.4 is 0 Å². The standard InChI is InChI=1S/C26H38N2O6/c1-4-6-9-14-27-15-11-13-26-19(22(30)28(18(3)17-29)21(26)23(27)31)20-24(32)33-16-10-7-8-12-25(20,5-2)34-26/h8,11-13,18-21,29H,4-7,9-10,14-17H2,1-3H3/b12-8-/t18-,19+,20+,21?,25-,26+/m1/s1. The molecule has 0 aromatic rings. The number of amides is 2. The van der Waals surface area contributed by atoms with Gasteiger partial charge < -0.3 is 24.4 Å². The molecule has 0 aliphatic carbocycles. The Morgan fingerprint density at radius 3 is 2.62 bits per heavy atom. The maximum Gasteiger partial charge on any atom is 0.313 e. The molecule has 2 amide bonds. The molecule has 8 nitrogen and oxygen atoms in total. The van der Waals surface area contributed by atoms with Crippen LogP contribution >= 0.6 is 0 Å². The number of unbranched alkanes of at least 4 members (excludes halogenated alkanes) is 2. The fraction of sp³-hybridized carbons (Fsp3) is 0.731. The van der Waals surface area contributed by atoms with Crippen molar-refractivity contribution >= 4 is 17.8 Å². The molecule has 4 aliphatic rings. The number of hydrogen-bond acceptors (Lipinski definition) is 6. The second-order valence-corrected chi connectivity index (χ2v) is 10.0. The second kappa shape index (κ2) is 9.82. The normalized spacial score (nSPS) is 37.2. The molecule has 6 atom stereocenters. The number of fused-ring (bicyclic) bond motifs is 2. The Morgan fingerprint density at radius 1 is 1.12 bits per heavy atom. The van der Waals surface area contributed by atoms with Crippen molar-refractivity contribution in [3.05, 3.63) is 24.3 Å². The Labute approximate surface area is 201 Å². The number of carbonyl (C=O) groups is 3. The van der Waals surface area contributed by atoms with Crippen molar-refractivity contribution in [2.24, 2.45) is 11.8 Å². The van der Waals surface area contributed by atoms with Gasteiger partial charge in [0, 0.05) is 13.1 Å². The Hall–Kier alpha value is -2.19. The van der Waals surface area contributed by atoms with E-state index in [4.69, 9.17) is 9.47 Å². The highest BCUT2D eigenvalue weighted by Crippen LogP contribution is 2.58. The lowest BCUT2D eigenvalue weighted by Crippen LogP contribution is -2.58. The van der Waals surface area contributed by atoms with E-state index in [1.54, 1.807) is 11.8 Å². The van der Waals surface area contributed by atoms with Gasteiger partial charge in [0.05, 0.1) is 25.2 Å². The summed E-state index contributed by atoms with van der Waals surface area (Å²) in [5, 5.41) is 9.98. The molecule has 4 aliphatic heterocycles. The van der Waals surface area contributed by atoms with Gasteiger partial charge in [0.2, 0.25) is 11.8 Å². The molecular formula is C26H38N2O6. The maximum atomic E-state index is 14.0. The van der Waals surface area contributed by atoms with E-state index in [1.165, 1.54) is 4.90 Å². The molecule has 1 N–H and O–H groups in total. The van der Waals surface area contributed by atoms with Gasteiger partial charge in [-0.1, -0.05) is 51.0 Å². The van der Waals surface area contributed by atoms with Crippen LogP contribution in [0, 0.1) is 11.8 Å². The first kappa shape index (κ1) is 24.9. The van der Waals surface area contributed by atoms with Gasteiger partial charge in [-0.15, -0.1) is 0 Å². The number of aliphatic hydroxyl groups excluding tert-OH is 1. The summed E-state index contributed by atoms with van der Waals surface area (Å²) in [5.74, 6) is -2.72. The van der Waals surface area contributed by atoms with Gasteiger partial charge in [-0.25, -0.2) is 0 Å². The molecule has 2 fully saturated rings. The number of esters is 1. The first-order valence-electron chi connectivity index (χ1n) is 12.8. The summed E-state index contributed by atoms with van der Waals surface area (Å²) in [6.45, 7) is 6.80. The highest BCUT2D eigenvalue weighted by atomic mass is 16.6. The number of rotatable bonds is 7. The Morgan fingerprint density at radius 2 is 1.91 bits per heavy atom. The number of hydrogen-bond donors (Lipinski definition) is 1. The molecule has 8 heteroatoms. The highest BCUT2D eigenvalue weighted by Gasteiger charge is 2.75. The monoisotopic (exact) mass is 474 g/mol. The largest absolute Gasteiger partial charge is 0.465 e. The van der Waals surface area contributed by atoms with Crippen molar-refractivity contribution in [3.8, 4) is 0 Å². The third-order valence-electron chi connectivity index (χ3n) is 7.93. The SMILES string of the molecule is CCCCCN1CC=C[C@]23O[C@]4(CC)/C=C\CCCOC(=O)[C@@H]4[C@H]2C(=O)N([C@H](C)CO)C3C1=O. The van der Waals surface area contributed by atoms with Crippen LogP contribution in [-0.4, -0.2) is 82.3 Å². The van der Waals surface area contributed by atoms with E-state index in [9.17, 15) is 19.5 Å². The summed E-state index contributed by atoms with van der Waals surface area (Å²) in [6, 6.07) is -1.52. The predicted molar refractivity (Wildman–Crippen MR) is 126 cm³/mol. The van der Waals surface area contributed by atoms with Gasteiger partial charge in [-0.3, -0.25) is 14.4 Å². The highest BCUT2D eigenvalue weighted by molar-refractivity contribution is 5.99. The number of carbonyl (C=O) groups excluding carboxylic acids is 3. The predicted octanol–water partition coefficient (Wildman–Crippen LogP) is 2.21. The molecule has 0 aromatic carbocycles. The van der Waals surface area contributed by atoms with E-state index in [2.05, 4.69) is 6.92 Å². The first-order chi connectivity index (χ1) is 16.4. The quantitative estimate of drug-likeness (QED) is 0.345. The fourth-order valence-electron chi connectivity index (χ4n) is 6.18. The number of cyclic esters (lactones) is 1. The molecule has 4 rings (SSSR count). The Bertz CT molecular complexity index is 871. The third-order valence-corrected chi connectivity index (χ3v) is 7.93. The van der Waals surface area contributed by atoms with E-state index in [1.807, 2.05) is 31.2 Å². The minimum atomic E-state index is -1.29. The van der Waals surface area contributed by atoms with E-state index in [0.29, 0.717) is 25.9 Å². The van der Waals surface area contributed by atoms with Gasteiger partial charge in [0.25, 0.3) is 0 Å². The van der Waals surface area contributed by atoms with Gasteiger partial charge >= 0.3 is 5.97 Å². The maximum absolute atomic E-state index is 14.0. The Balaban J connectivity index is 1.84. The molecule has 188 valence electrons. The molecule has 0 aromatic heterocycles. The zero-order valence-electron chi connectivity index (χ0n) is 20.6. The summed E-state index contributed by atoms with van der Waals surface area (Å²) in [6.07, 6.45) is 12.5. The smallest absolute Gasteiger partial charge is 0.313 e. The second-order valence-electron chi connectivity index (χ2n) is 10.0. The summed E-state index contributed by atoms with van der Waals surface area (Å²) < 4.78 is 12.4. The van der Waals surface area contributed by atoms with Crippen LogP contribution in [0.2, 0.25) is 0 Å². The number of allylic oxidation sites excluding steroid dienone is 1. The lowest BCUT2D eigenvalue weighted by molar-refractivity contribution is -0.162. The first-order valence-corrected chi connectivity index (χ1v) is 12.8. The summed E-state index contributed by atoms with van der Waals surface area (Å²) >= 11 is 0. The van der Waals surface area contributed by atoms with E-state index >= 15 is 0 Å². The lowest BCUT2D eigenvalue weighted by atomic mass is 9.73. The van der Waals surface area contributed by atoms with Crippen molar-refractivity contribution in [2.75, 3.05) is 26.3 Å². The van der Waals surface area contributed by atoms with Crippen molar-refractivity contribution in [1.29, 1.82) is 0 Å². The summed E-state index contributed by atoms with van der Waals surface area (Å²) in [7, 11) is 0. The number of likely N-dealkylation sites (tertiary alicyclic amines) is 1. The van der Waals surface area contributed by atoms with Crippen LogP contribution in [0.5, 0.6) is 0 Å². The van der Waals surface area contributed by atoms with Crippen molar-refractivity contribution in [1.82, 2.24) is 9.80 Å². The molecule has 1 spiro atoms. The van der Waals surface area contributed by atoms with E-state index in [0.717, 1.165) is 25.7 Å². The fourth-order valence-corrected chi connectivity index (χ4v) is 6.18. The van der Waals surface area contributed by atoms with Crippen LogP contribution in [0.15, 0.2) is 24.3 Å². The van der Waals surface area contributed by atoms with Crippen LogP contribution in [0.3, 0.4) is 0 Å². The van der Waals surface area contributed by atoms with Crippen LogP contribution in [0.25, 0.3) is 0 Å². The summed E-state index contributed by atoms with van der Waals surface area (Å²) in [5.41, 5.74) is -2.32. The zero-order chi connectivity index (χ0) is 24.5. The van der Waals surface area contributed by atoms with Gasteiger partial charge in [0.15, 0.2) is 0 Å². The lowest BCUT2D eigenvalue weighted by Gasteiger charge is -2.40. The number of aliphatic hydroxyl groups is 1. The van der Waals surface area contributed by atoms with Gasteiger partial charge in [-0.05, 0) is 32.6 Å². The molecule has 0 radical (unpaired) electrons. The average Bonchev–Trinajstić information content (AvgIpc) is 3.22. The number of ether oxygens (including phenoxy) is 2. The molecule has 2 saturated heterocycles. The van der Waals surface area contributed by atoms with Crippen LogP contribution in [0.1, 0.15) is 59.3 Å². The molecule has 0 saturated carbocycles. The molecule has 34 heavy (non-hydrogen) atoms. The topological polar surface area (TPSA) is 96.4 Å². The molecular weight excluding hydrogens is 436 g/mol. The van der Waals surface area contributed by atoms with Crippen LogP contribution in [-0.2, 0) is 23.9 Å². The van der Waals surface area contributed by atoms with Gasteiger partial charge in [0.1, 0.15) is 23.2 Å². The molecule has 1 unspecified atom stereocenters. The summed E-state index contributed by atoms with van der Waals surface area (Å²) in [4.78, 5) is 44.7. The van der Waals surface area contributed by atoms with E-state index < -0.39 is 41.1 Å². The van der Waals surface area contributed by atoms with Crippen molar-refractivity contribution in [2.45, 2.75) is 82.6 Å². The minimum absolute atomic E-state index is 0.188. The zero-order valence-corrected chi connectivity index (χ0v) is 20.6. The van der Waals surface area contributed by atoms with Crippen molar-refractivity contribution < 1.29 is 29.0 Å². The number of nitrogens with zero attached hydrogens (tertiary/aromatic N) is 2. The minimum Gasteiger partial charge on any atom is -0.465 e. The van der Waals surface area contributed by atoms with Crippen molar-refractivity contribution in [3.63, 3.8) is 0 Å².